The van der Waals surface area contributed by atoms with Gasteiger partial charge in [0.1, 0.15) is 35.1 Å². The van der Waals surface area contributed by atoms with Gasteiger partial charge >= 0.3 is 0 Å². The number of nitrogens with one attached hydrogen (secondary N) is 3. The van der Waals surface area contributed by atoms with Crippen molar-refractivity contribution < 1.29 is 9.26 Å². The maximum absolute atomic E-state index is 5.84. The van der Waals surface area contributed by atoms with Gasteiger partial charge in [0.2, 0.25) is 0 Å². The lowest BCUT2D eigenvalue weighted by Crippen LogP contribution is -2.28. The van der Waals surface area contributed by atoms with Gasteiger partial charge in [-0.25, -0.2) is 9.67 Å². The van der Waals surface area contributed by atoms with Crippen molar-refractivity contribution in [1.29, 1.82) is 0 Å². The van der Waals surface area contributed by atoms with Crippen LogP contribution in [0.5, 0.6) is 5.75 Å². The highest BCUT2D eigenvalue weighted by Gasteiger charge is 2.33. The molecule has 3 N–H and O–H groups in total. The molecule has 4 heterocycles. The zero-order valence-corrected chi connectivity index (χ0v) is 21.0. The molecule has 1 aromatic carbocycles. The highest BCUT2D eigenvalue weighted by Crippen LogP contribution is 2.46. The van der Waals surface area contributed by atoms with E-state index in [0.29, 0.717) is 5.92 Å². The quantitative estimate of drug-likeness (QED) is 0.354. The van der Waals surface area contributed by atoms with E-state index < -0.39 is 0 Å². The summed E-state index contributed by atoms with van der Waals surface area (Å²) in [5, 5.41) is 17.2. The third kappa shape index (κ3) is 3.40. The first kappa shape index (κ1) is 21.8. The van der Waals surface area contributed by atoms with Crippen LogP contribution in [-0.4, -0.2) is 39.0 Å². The van der Waals surface area contributed by atoms with Crippen molar-refractivity contribution >= 4 is 28.4 Å². The standard InChI is InChI=1S/C26H31N7O2/c1-7-33-26(22(12(2)31-33)16-8-9-16)30-25-23-17-11-20(34-6)18(21-13(3)32-35-14(21)4)10-19(17)29-24(23)27-15(5)28-25/h10-11,15-16,27,29H,7-9H2,1-6H3,(H,28,30). The number of hydrogen-bond acceptors (Lipinski definition) is 7. The predicted molar refractivity (Wildman–Crippen MR) is 138 cm³/mol. The number of ether oxygens (including phenoxy) is 1. The van der Waals surface area contributed by atoms with Crippen LogP contribution < -0.4 is 15.4 Å². The summed E-state index contributed by atoms with van der Waals surface area (Å²) < 4.78 is 13.3. The molecule has 0 bridgehead atoms. The fraction of sp³-hybridized carbons (Fsp3) is 0.423. The van der Waals surface area contributed by atoms with Gasteiger partial charge in [0, 0.05) is 28.6 Å². The Morgan fingerprint density at radius 2 is 1.97 bits per heavy atom. The summed E-state index contributed by atoms with van der Waals surface area (Å²) in [4.78, 5) is 8.55. The molecule has 1 unspecified atom stereocenters. The Labute approximate surface area is 203 Å². The van der Waals surface area contributed by atoms with Crippen LogP contribution in [0.15, 0.2) is 21.6 Å². The SMILES string of the molecule is CCn1nc(C)c(C2CC2)c1NC1=NC(C)Nc2[nH]c3cc(-c4c(C)noc4C)c(OC)cc3c21. The van der Waals surface area contributed by atoms with Crippen LogP contribution in [0.1, 0.15) is 60.9 Å². The van der Waals surface area contributed by atoms with Crippen LogP contribution in [0.4, 0.5) is 11.6 Å². The van der Waals surface area contributed by atoms with Gasteiger partial charge in [-0.05, 0) is 65.5 Å². The minimum atomic E-state index is -0.0783. The number of hydrogen-bond donors (Lipinski definition) is 3. The third-order valence-electron chi connectivity index (χ3n) is 7.03. The first-order chi connectivity index (χ1) is 16.9. The summed E-state index contributed by atoms with van der Waals surface area (Å²) in [7, 11) is 1.69. The van der Waals surface area contributed by atoms with Crippen molar-refractivity contribution in [3.05, 3.63) is 40.4 Å². The molecule has 9 nitrogen and oxygen atoms in total. The minimum absolute atomic E-state index is 0.0783. The molecule has 6 rings (SSSR count). The molecule has 1 saturated carbocycles. The molecule has 3 aromatic heterocycles. The highest BCUT2D eigenvalue weighted by molar-refractivity contribution is 6.21. The number of benzene rings is 1. The number of aliphatic imine (C=N–C) groups is 1. The average Bonchev–Trinajstić information content (AvgIpc) is 3.41. The molecule has 2 aliphatic rings. The molecule has 35 heavy (non-hydrogen) atoms. The lowest BCUT2D eigenvalue weighted by Gasteiger charge is -2.22. The number of nitrogens with zero attached hydrogens (tertiary/aromatic N) is 4. The molecule has 0 radical (unpaired) electrons. The fourth-order valence-electron chi connectivity index (χ4n) is 5.33. The molecule has 1 atom stereocenters. The molecular weight excluding hydrogens is 442 g/mol. The Morgan fingerprint density at radius 3 is 2.63 bits per heavy atom. The van der Waals surface area contributed by atoms with Crippen LogP contribution in [0.3, 0.4) is 0 Å². The molecule has 9 heteroatoms. The summed E-state index contributed by atoms with van der Waals surface area (Å²) in [5.41, 5.74) is 7.16. The first-order valence-electron chi connectivity index (χ1n) is 12.3. The fourth-order valence-corrected chi connectivity index (χ4v) is 5.33. The van der Waals surface area contributed by atoms with Crippen LogP contribution in [-0.2, 0) is 6.54 Å². The second-order valence-electron chi connectivity index (χ2n) is 9.53. The Balaban J connectivity index is 1.50. The number of aromatic amines is 1. The van der Waals surface area contributed by atoms with Crippen LogP contribution in [0.25, 0.3) is 22.0 Å². The van der Waals surface area contributed by atoms with Crippen molar-refractivity contribution in [2.75, 3.05) is 17.7 Å². The smallest absolute Gasteiger partial charge is 0.141 e. The van der Waals surface area contributed by atoms with Gasteiger partial charge in [-0.15, -0.1) is 0 Å². The number of amidine groups is 1. The van der Waals surface area contributed by atoms with E-state index >= 15 is 0 Å². The van der Waals surface area contributed by atoms with E-state index in [0.717, 1.165) is 74.5 Å². The van der Waals surface area contributed by atoms with E-state index in [2.05, 4.69) is 58.4 Å². The Bertz CT molecular complexity index is 1470. The van der Waals surface area contributed by atoms with Gasteiger partial charge in [-0.2, -0.15) is 5.10 Å². The Morgan fingerprint density at radius 1 is 1.17 bits per heavy atom. The van der Waals surface area contributed by atoms with Gasteiger partial charge in [-0.1, -0.05) is 5.16 Å². The van der Waals surface area contributed by atoms with Gasteiger partial charge in [0.25, 0.3) is 0 Å². The molecule has 0 spiro atoms. The molecule has 1 aliphatic carbocycles. The first-order valence-corrected chi connectivity index (χ1v) is 12.3. The van der Waals surface area contributed by atoms with Crippen LogP contribution in [0, 0.1) is 20.8 Å². The van der Waals surface area contributed by atoms with E-state index in [1.54, 1.807) is 7.11 Å². The zero-order chi connectivity index (χ0) is 24.4. The summed E-state index contributed by atoms with van der Waals surface area (Å²) in [6.45, 7) is 11.0. The topological polar surface area (TPSA) is 105 Å². The number of aromatic nitrogens is 4. The number of anilines is 2. The van der Waals surface area contributed by atoms with E-state index in [9.17, 15) is 0 Å². The molecular formula is C26H31N7O2. The van der Waals surface area contributed by atoms with Crippen molar-refractivity contribution in [1.82, 2.24) is 19.9 Å². The summed E-state index contributed by atoms with van der Waals surface area (Å²) in [5.74, 6) is 4.94. The molecule has 0 amide bonds. The lowest BCUT2D eigenvalue weighted by atomic mass is 10.00. The molecule has 4 aromatic rings. The van der Waals surface area contributed by atoms with Crippen molar-refractivity contribution in [3.63, 3.8) is 0 Å². The van der Waals surface area contributed by atoms with Crippen LogP contribution in [0.2, 0.25) is 0 Å². The Kier molecular flexibility index (Phi) is 4.91. The largest absolute Gasteiger partial charge is 0.496 e. The number of fused-ring (bicyclic) bond motifs is 3. The van der Waals surface area contributed by atoms with Gasteiger partial charge in [0.05, 0.1) is 29.6 Å². The summed E-state index contributed by atoms with van der Waals surface area (Å²) in [6.07, 6.45) is 2.36. The highest BCUT2D eigenvalue weighted by atomic mass is 16.5. The molecule has 1 aliphatic heterocycles. The van der Waals surface area contributed by atoms with Gasteiger partial charge in [0.15, 0.2) is 0 Å². The number of rotatable bonds is 5. The number of H-pyrrole nitrogens is 1. The molecule has 0 saturated heterocycles. The summed E-state index contributed by atoms with van der Waals surface area (Å²) in [6, 6.07) is 4.18. The van der Waals surface area contributed by atoms with Crippen LogP contribution >= 0.6 is 0 Å². The normalized spacial score (nSPS) is 17.3. The van der Waals surface area contributed by atoms with Crippen molar-refractivity contribution in [3.8, 4) is 16.9 Å². The van der Waals surface area contributed by atoms with E-state index in [-0.39, 0.29) is 6.17 Å². The Hall–Kier alpha value is -3.75. The van der Waals surface area contributed by atoms with Gasteiger partial charge in [-0.3, -0.25) is 0 Å². The zero-order valence-electron chi connectivity index (χ0n) is 21.0. The maximum atomic E-state index is 5.84. The number of aryl methyl sites for hydroxylation is 4. The molecule has 1 fully saturated rings. The van der Waals surface area contributed by atoms with Crippen molar-refractivity contribution in [2.24, 2.45) is 4.99 Å². The van der Waals surface area contributed by atoms with E-state index in [4.69, 9.17) is 19.4 Å². The monoisotopic (exact) mass is 473 g/mol. The minimum Gasteiger partial charge on any atom is -0.496 e. The summed E-state index contributed by atoms with van der Waals surface area (Å²) >= 11 is 0. The molecule has 182 valence electrons. The average molecular weight is 474 g/mol. The van der Waals surface area contributed by atoms with Crippen molar-refractivity contribution in [2.45, 2.75) is 66.1 Å². The van der Waals surface area contributed by atoms with E-state index in [1.165, 1.54) is 18.4 Å². The third-order valence-corrected chi connectivity index (χ3v) is 7.03. The maximum Gasteiger partial charge on any atom is 0.141 e. The second kappa shape index (κ2) is 7.90. The van der Waals surface area contributed by atoms with Gasteiger partial charge < -0.3 is 24.9 Å². The van der Waals surface area contributed by atoms with E-state index in [1.807, 2.05) is 13.8 Å². The second-order valence-corrected chi connectivity index (χ2v) is 9.53. The lowest BCUT2D eigenvalue weighted by molar-refractivity contribution is 0.393. The predicted octanol–water partition coefficient (Wildman–Crippen LogP) is 5.48. The number of methoxy groups -OCH3 is 1.